The summed E-state index contributed by atoms with van der Waals surface area (Å²) in [6.07, 6.45) is 7.61. The van der Waals surface area contributed by atoms with E-state index in [2.05, 4.69) is 5.16 Å². The highest BCUT2D eigenvalue weighted by Crippen LogP contribution is 2.38. The normalized spacial score (nSPS) is 40.9. The molecule has 2 atom stereocenters. The van der Waals surface area contributed by atoms with Crippen LogP contribution in [0.5, 0.6) is 0 Å². The lowest BCUT2D eigenvalue weighted by atomic mass is 9.71. The predicted octanol–water partition coefficient (Wildman–Crippen LogP) is 2.42. The molecule has 2 bridgehead atoms. The minimum Gasteiger partial charge on any atom is -0.411 e. The molecule has 2 fully saturated rings. The molecule has 0 aliphatic heterocycles. The molecule has 0 aromatic rings. The Morgan fingerprint density at radius 3 is 3.00 bits per heavy atom. The average molecular weight is 153 g/mol. The molecule has 2 nitrogen and oxygen atoms in total. The van der Waals surface area contributed by atoms with Crippen molar-refractivity contribution < 1.29 is 5.21 Å². The van der Waals surface area contributed by atoms with Crippen LogP contribution in [0.3, 0.4) is 0 Å². The van der Waals surface area contributed by atoms with Gasteiger partial charge in [0, 0.05) is 5.92 Å². The van der Waals surface area contributed by atoms with Crippen molar-refractivity contribution in [3.63, 3.8) is 0 Å². The van der Waals surface area contributed by atoms with Crippen LogP contribution >= 0.6 is 0 Å². The van der Waals surface area contributed by atoms with Crippen molar-refractivity contribution in [3.05, 3.63) is 0 Å². The van der Waals surface area contributed by atoms with Gasteiger partial charge < -0.3 is 5.21 Å². The van der Waals surface area contributed by atoms with Gasteiger partial charge in [-0.2, -0.15) is 0 Å². The van der Waals surface area contributed by atoms with Gasteiger partial charge in [-0.3, -0.25) is 0 Å². The van der Waals surface area contributed by atoms with E-state index in [1.165, 1.54) is 32.1 Å². The highest BCUT2D eigenvalue weighted by Gasteiger charge is 2.30. The summed E-state index contributed by atoms with van der Waals surface area (Å²) in [7, 11) is 0. The molecular weight excluding hydrogens is 138 g/mol. The molecule has 0 amide bonds. The van der Waals surface area contributed by atoms with Crippen LogP contribution in [0.15, 0.2) is 5.16 Å². The fourth-order valence-corrected chi connectivity index (χ4v) is 2.54. The van der Waals surface area contributed by atoms with Crippen LogP contribution in [-0.4, -0.2) is 10.9 Å². The molecule has 0 unspecified atom stereocenters. The second-order valence-electron chi connectivity index (χ2n) is 3.86. The average Bonchev–Trinajstić information content (AvgIpc) is 2.06. The summed E-state index contributed by atoms with van der Waals surface area (Å²) >= 11 is 0. The van der Waals surface area contributed by atoms with Crippen LogP contribution in [0, 0.1) is 11.8 Å². The van der Waals surface area contributed by atoms with Crippen LogP contribution in [0.1, 0.15) is 38.5 Å². The zero-order chi connectivity index (χ0) is 7.68. The van der Waals surface area contributed by atoms with E-state index in [4.69, 9.17) is 5.21 Å². The standard InChI is InChI=1S/C9H15NO/c11-10-9-5-4-7-2-1-3-8(9)6-7/h7-8,11H,1-6H2/b10-9-/t7-,8+/m0/s1. The molecule has 2 saturated carbocycles. The maximum atomic E-state index is 8.69. The summed E-state index contributed by atoms with van der Waals surface area (Å²) in [4.78, 5) is 0. The highest BCUT2D eigenvalue weighted by molar-refractivity contribution is 5.87. The van der Waals surface area contributed by atoms with Gasteiger partial charge in [0.2, 0.25) is 0 Å². The number of nitrogens with zero attached hydrogens (tertiary/aromatic N) is 1. The van der Waals surface area contributed by atoms with Gasteiger partial charge in [-0.05, 0) is 31.6 Å². The fourth-order valence-electron chi connectivity index (χ4n) is 2.54. The van der Waals surface area contributed by atoms with Gasteiger partial charge in [0.1, 0.15) is 0 Å². The SMILES string of the molecule is O/N=C1/CC[C@@H]2CCC[C@@H]1C2. The first-order valence-corrected chi connectivity index (χ1v) is 4.61. The maximum Gasteiger partial charge on any atom is 0.0601 e. The molecule has 0 aromatic carbocycles. The predicted molar refractivity (Wildman–Crippen MR) is 43.9 cm³/mol. The van der Waals surface area contributed by atoms with Crippen LogP contribution in [-0.2, 0) is 0 Å². The summed E-state index contributed by atoms with van der Waals surface area (Å²) in [5.74, 6) is 1.58. The van der Waals surface area contributed by atoms with Gasteiger partial charge in [0.25, 0.3) is 0 Å². The lowest BCUT2D eigenvalue weighted by Gasteiger charge is -2.34. The van der Waals surface area contributed by atoms with Crippen LogP contribution in [0.4, 0.5) is 0 Å². The Hall–Kier alpha value is -0.530. The summed E-state index contributed by atoms with van der Waals surface area (Å²) < 4.78 is 0. The molecule has 0 saturated heterocycles. The molecule has 0 spiro atoms. The van der Waals surface area contributed by atoms with Crippen molar-refractivity contribution in [2.24, 2.45) is 17.0 Å². The number of fused-ring (bicyclic) bond motifs is 2. The Labute approximate surface area is 67.3 Å². The first-order chi connectivity index (χ1) is 5.40. The third kappa shape index (κ3) is 1.26. The Balaban J connectivity index is 2.08. The molecule has 2 aliphatic rings. The van der Waals surface area contributed by atoms with E-state index in [1.807, 2.05) is 0 Å². The molecule has 62 valence electrons. The second kappa shape index (κ2) is 2.84. The lowest BCUT2D eigenvalue weighted by molar-refractivity contribution is 0.257. The number of rotatable bonds is 0. The minimum atomic E-state index is 0.632. The largest absolute Gasteiger partial charge is 0.411 e. The van der Waals surface area contributed by atoms with E-state index in [0.29, 0.717) is 5.92 Å². The molecule has 11 heavy (non-hydrogen) atoms. The van der Waals surface area contributed by atoms with Crippen molar-refractivity contribution in [2.45, 2.75) is 38.5 Å². The molecular formula is C9H15NO. The topological polar surface area (TPSA) is 32.6 Å². The summed E-state index contributed by atoms with van der Waals surface area (Å²) in [5.41, 5.74) is 1.07. The number of oxime groups is 1. The Bertz CT molecular complexity index is 176. The third-order valence-electron chi connectivity index (χ3n) is 3.19. The lowest BCUT2D eigenvalue weighted by Crippen LogP contribution is -2.28. The summed E-state index contributed by atoms with van der Waals surface area (Å²) in [5, 5.41) is 12.1. The van der Waals surface area contributed by atoms with Crippen molar-refractivity contribution in [2.75, 3.05) is 0 Å². The van der Waals surface area contributed by atoms with E-state index in [1.54, 1.807) is 0 Å². The van der Waals surface area contributed by atoms with E-state index >= 15 is 0 Å². The minimum absolute atomic E-state index is 0.632. The smallest absolute Gasteiger partial charge is 0.0601 e. The zero-order valence-corrected chi connectivity index (χ0v) is 6.79. The number of hydrogen-bond acceptors (Lipinski definition) is 2. The van der Waals surface area contributed by atoms with Crippen LogP contribution < -0.4 is 0 Å². The molecule has 1 N–H and O–H groups in total. The van der Waals surface area contributed by atoms with Gasteiger partial charge in [-0.1, -0.05) is 18.0 Å². The van der Waals surface area contributed by atoms with Crippen LogP contribution in [0.25, 0.3) is 0 Å². The van der Waals surface area contributed by atoms with Gasteiger partial charge in [-0.25, -0.2) is 0 Å². The monoisotopic (exact) mass is 153 g/mol. The molecule has 2 heteroatoms. The van der Waals surface area contributed by atoms with Gasteiger partial charge >= 0.3 is 0 Å². The van der Waals surface area contributed by atoms with E-state index < -0.39 is 0 Å². The van der Waals surface area contributed by atoms with Gasteiger partial charge in [0.15, 0.2) is 0 Å². The fraction of sp³-hybridized carbons (Fsp3) is 0.889. The zero-order valence-electron chi connectivity index (χ0n) is 6.79. The van der Waals surface area contributed by atoms with Crippen molar-refractivity contribution in [1.82, 2.24) is 0 Å². The van der Waals surface area contributed by atoms with Crippen molar-refractivity contribution in [3.8, 4) is 0 Å². The van der Waals surface area contributed by atoms with E-state index in [0.717, 1.165) is 18.1 Å². The van der Waals surface area contributed by atoms with Crippen molar-refractivity contribution in [1.29, 1.82) is 0 Å². The van der Waals surface area contributed by atoms with Crippen LogP contribution in [0.2, 0.25) is 0 Å². The maximum absolute atomic E-state index is 8.69. The van der Waals surface area contributed by atoms with E-state index in [-0.39, 0.29) is 0 Å². The van der Waals surface area contributed by atoms with E-state index in [9.17, 15) is 0 Å². The van der Waals surface area contributed by atoms with Gasteiger partial charge in [0.05, 0.1) is 5.71 Å². The molecule has 2 rings (SSSR count). The first-order valence-electron chi connectivity index (χ1n) is 4.61. The molecule has 0 aromatic heterocycles. The summed E-state index contributed by atoms with van der Waals surface area (Å²) in [6.45, 7) is 0. The Morgan fingerprint density at radius 2 is 2.18 bits per heavy atom. The summed E-state index contributed by atoms with van der Waals surface area (Å²) in [6, 6.07) is 0. The molecule has 2 aliphatic carbocycles. The molecule has 0 heterocycles. The van der Waals surface area contributed by atoms with Gasteiger partial charge in [-0.15, -0.1) is 0 Å². The number of hydrogen-bond donors (Lipinski definition) is 1. The Kier molecular flexibility index (Phi) is 1.84. The second-order valence-corrected chi connectivity index (χ2v) is 3.86. The van der Waals surface area contributed by atoms with Crippen molar-refractivity contribution >= 4 is 5.71 Å². The molecule has 0 radical (unpaired) electrons. The first kappa shape index (κ1) is 7.14. The Morgan fingerprint density at radius 1 is 1.27 bits per heavy atom. The third-order valence-corrected chi connectivity index (χ3v) is 3.19. The quantitative estimate of drug-likeness (QED) is 0.420. The highest BCUT2D eigenvalue weighted by atomic mass is 16.4.